The van der Waals surface area contributed by atoms with Crippen molar-refractivity contribution in [3.8, 4) is 17.2 Å². The SMILES string of the molecule is CC(=O)CCN(C)C(=O)c1cn(Cc2cncn2Cc2ccc(C#N)cc2)cc1-c1cccc2ccccc12. The summed E-state index contributed by atoms with van der Waals surface area (Å²) >= 11 is 0. The van der Waals surface area contributed by atoms with E-state index in [0.717, 1.165) is 33.2 Å². The Morgan fingerprint density at radius 1 is 0.949 bits per heavy atom. The Hall–Kier alpha value is -4.96. The Morgan fingerprint density at radius 3 is 2.49 bits per heavy atom. The summed E-state index contributed by atoms with van der Waals surface area (Å²) in [4.78, 5) is 31.2. The molecule has 0 N–H and O–H groups in total. The van der Waals surface area contributed by atoms with E-state index in [9.17, 15) is 9.59 Å². The standard InChI is InChI=1S/C32H29N5O2/c1-23(38)14-15-35(2)32(39)31-21-36(20-30(31)29-9-5-7-26-6-3-4-8-28(26)29)19-27-17-34-22-37(27)18-25-12-10-24(16-33)11-13-25/h3-13,17,20-22H,14-15,18-19H2,1-2H3. The molecule has 7 nitrogen and oxygen atoms in total. The van der Waals surface area contributed by atoms with Gasteiger partial charge < -0.3 is 14.0 Å². The molecule has 0 saturated heterocycles. The Balaban J connectivity index is 1.50. The second-order valence-electron chi connectivity index (χ2n) is 9.78. The van der Waals surface area contributed by atoms with Gasteiger partial charge in [-0.2, -0.15) is 5.26 Å². The minimum Gasteiger partial charge on any atom is -0.347 e. The van der Waals surface area contributed by atoms with Gasteiger partial charge in [0.25, 0.3) is 5.91 Å². The lowest BCUT2D eigenvalue weighted by Crippen LogP contribution is -2.28. The number of fused-ring (bicyclic) bond motifs is 1. The fourth-order valence-corrected chi connectivity index (χ4v) is 4.77. The number of hydrogen-bond donors (Lipinski definition) is 0. The number of ketones is 1. The van der Waals surface area contributed by atoms with Crippen LogP contribution in [-0.2, 0) is 17.9 Å². The fraction of sp³-hybridized carbons (Fsp3) is 0.188. The molecule has 3 aromatic carbocycles. The monoisotopic (exact) mass is 515 g/mol. The lowest BCUT2D eigenvalue weighted by molar-refractivity contribution is -0.117. The summed E-state index contributed by atoms with van der Waals surface area (Å²) < 4.78 is 4.09. The molecule has 0 aliphatic rings. The van der Waals surface area contributed by atoms with Crippen molar-refractivity contribution < 1.29 is 9.59 Å². The summed E-state index contributed by atoms with van der Waals surface area (Å²) in [6, 6.07) is 23.9. The summed E-state index contributed by atoms with van der Waals surface area (Å²) in [6.45, 7) is 3.06. The number of imidazole rings is 1. The van der Waals surface area contributed by atoms with E-state index in [4.69, 9.17) is 5.26 Å². The number of benzene rings is 3. The van der Waals surface area contributed by atoms with Crippen LogP contribution in [0.15, 0.2) is 91.6 Å². The van der Waals surface area contributed by atoms with Crippen LogP contribution in [0.3, 0.4) is 0 Å². The van der Waals surface area contributed by atoms with E-state index < -0.39 is 0 Å². The normalized spacial score (nSPS) is 10.9. The molecule has 0 atom stereocenters. The van der Waals surface area contributed by atoms with E-state index in [0.29, 0.717) is 37.2 Å². The third kappa shape index (κ3) is 5.65. The van der Waals surface area contributed by atoms with Crippen molar-refractivity contribution in [2.75, 3.05) is 13.6 Å². The first-order chi connectivity index (χ1) is 18.9. The van der Waals surface area contributed by atoms with Gasteiger partial charge in [-0.25, -0.2) is 4.98 Å². The fourth-order valence-electron chi connectivity index (χ4n) is 4.77. The summed E-state index contributed by atoms with van der Waals surface area (Å²) in [7, 11) is 1.74. The van der Waals surface area contributed by atoms with Crippen LogP contribution in [0.25, 0.3) is 21.9 Å². The van der Waals surface area contributed by atoms with E-state index in [2.05, 4.69) is 33.8 Å². The quantitative estimate of drug-likeness (QED) is 0.259. The molecule has 7 heteroatoms. The molecule has 2 aromatic heterocycles. The average Bonchev–Trinajstić information content (AvgIpc) is 3.58. The van der Waals surface area contributed by atoms with Gasteiger partial charge in [0, 0.05) is 50.7 Å². The molecule has 194 valence electrons. The molecule has 1 amide bonds. The van der Waals surface area contributed by atoms with Gasteiger partial charge in [0.2, 0.25) is 0 Å². The third-order valence-electron chi connectivity index (χ3n) is 6.92. The van der Waals surface area contributed by atoms with Crippen LogP contribution >= 0.6 is 0 Å². The van der Waals surface area contributed by atoms with Crippen molar-refractivity contribution in [3.63, 3.8) is 0 Å². The Kier molecular flexibility index (Phi) is 7.37. The summed E-state index contributed by atoms with van der Waals surface area (Å²) in [6.07, 6.45) is 7.86. The zero-order chi connectivity index (χ0) is 27.4. The number of carbonyl (C=O) groups excluding carboxylic acids is 2. The Bertz CT molecular complexity index is 1680. The number of carbonyl (C=O) groups is 2. The predicted octanol–water partition coefficient (Wildman–Crippen LogP) is 5.52. The highest BCUT2D eigenvalue weighted by Crippen LogP contribution is 2.32. The summed E-state index contributed by atoms with van der Waals surface area (Å²) in [5.41, 5.74) is 5.12. The highest BCUT2D eigenvalue weighted by atomic mass is 16.2. The van der Waals surface area contributed by atoms with E-state index in [1.165, 1.54) is 6.92 Å². The smallest absolute Gasteiger partial charge is 0.255 e. The molecule has 5 rings (SSSR count). The molecule has 0 fully saturated rings. The molecule has 0 spiro atoms. The molecule has 39 heavy (non-hydrogen) atoms. The van der Waals surface area contributed by atoms with Gasteiger partial charge >= 0.3 is 0 Å². The van der Waals surface area contributed by atoms with Crippen molar-refractivity contribution in [1.29, 1.82) is 5.26 Å². The number of nitriles is 1. The second-order valence-corrected chi connectivity index (χ2v) is 9.78. The van der Waals surface area contributed by atoms with Crippen LogP contribution in [0.4, 0.5) is 0 Å². The Labute approximate surface area is 227 Å². The maximum atomic E-state index is 13.6. The molecule has 0 unspecified atom stereocenters. The minimum atomic E-state index is -0.121. The number of rotatable bonds is 9. The molecule has 5 aromatic rings. The zero-order valence-corrected chi connectivity index (χ0v) is 22.0. The first kappa shape index (κ1) is 25.7. The number of Topliss-reactive ketones (excluding diaryl/α,β-unsaturated/α-hetero) is 1. The average molecular weight is 516 g/mol. The molecule has 0 bridgehead atoms. The second kappa shape index (κ2) is 11.2. The molecule has 0 radical (unpaired) electrons. The molecule has 0 aliphatic heterocycles. The predicted molar refractivity (Wildman–Crippen MR) is 151 cm³/mol. The van der Waals surface area contributed by atoms with Crippen LogP contribution in [0.1, 0.15) is 40.5 Å². The van der Waals surface area contributed by atoms with Crippen molar-refractivity contribution in [1.82, 2.24) is 19.0 Å². The van der Waals surface area contributed by atoms with Gasteiger partial charge in [-0.1, -0.05) is 54.6 Å². The van der Waals surface area contributed by atoms with E-state index in [1.807, 2.05) is 71.7 Å². The topological polar surface area (TPSA) is 83.9 Å². The third-order valence-corrected chi connectivity index (χ3v) is 6.92. The summed E-state index contributed by atoms with van der Waals surface area (Å²) in [5.74, 6) is -0.0685. The van der Waals surface area contributed by atoms with E-state index in [1.54, 1.807) is 18.3 Å². The summed E-state index contributed by atoms with van der Waals surface area (Å²) in [5, 5.41) is 11.3. The zero-order valence-electron chi connectivity index (χ0n) is 22.0. The molecule has 2 heterocycles. The van der Waals surface area contributed by atoms with E-state index >= 15 is 0 Å². The Morgan fingerprint density at radius 2 is 1.72 bits per heavy atom. The van der Waals surface area contributed by atoms with Gasteiger partial charge in [-0.05, 0) is 41.0 Å². The first-order valence-corrected chi connectivity index (χ1v) is 12.8. The maximum absolute atomic E-state index is 13.6. The number of aromatic nitrogens is 3. The molecular weight excluding hydrogens is 486 g/mol. The van der Waals surface area contributed by atoms with Crippen molar-refractivity contribution in [2.45, 2.75) is 26.4 Å². The van der Waals surface area contributed by atoms with Crippen LogP contribution in [0.2, 0.25) is 0 Å². The van der Waals surface area contributed by atoms with Gasteiger partial charge in [0.05, 0.1) is 35.8 Å². The highest BCUT2D eigenvalue weighted by molar-refractivity contribution is 6.06. The van der Waals surface area contributed by atoms with Crippen molar-refractivity contribution in [3.05, 3.63) is 114 Å². The molecule has 0 aliphatic carbocycles. The first-order valence-electron chi connectivity index (χ1n) is 12.8. The van der Waals surface area contributed by atoms with Crippen LogP contribution in [0.5, 0.6) is 0 Å². The highest BCUT2D eigenvalue weighted by Gasteiger charge is 2.21. The van der Waals surface area contributed by atoms with Gasteiger partial charge in [0.1, 0.15) is 5.78 Å². The van der Waals surface area contributed by atoms with Crippen LogP contribution < -0.4 is 0 Å². The van der Waals surface area contributed by atoms with Crippen LogP contribution in [0, 0.1) is 11.3 Å². The molecular formula is C32H29N5O2. The number of hydrogen-bond acceptors (Lipinski definition) is 4. The van der Waals surface area contributed by atoms with Crippen molar-refractivity contribution >= 4 is 22.5 Å². The van der Waals surface area contributed by atoms with Crippen LogP contribution in [-0.4, -0.2) is 44.3 Å². The number of amides is 1. The lowest BCUT2D eigenvalue weighted by atomic mass is 9.97. The van der Waals surface area contributed by atoms with Gasteiger partial charge in [-0.3, -0.25) is 9.59 Å². The van der Waals surface area contributed by atoms with Gasteiger partial charge in [-0.15, -0.1) is 0 Å². The number of nitrogens with zero attached hydrogens (tertiary/aromatic N) is 5. The molecule has 0 saturated carbocycles. The van der Waals surface area contributed by atoms with Crippen molar-refractivity contribution in [2.24, 2.45) is 0 Å². The van der Waals surface area contributed by atoms with Gasteiger partial charge in [0.15, 0.2) is 0 Å². The maximum Gasteiger partial charge on any atom is 0.255 e. The largest absolute Gasteiger partial charge is 0.347 e. The van der Waals surface area contributed by atoms with E-state index in [-0.39, 0.29) is 11.7 Å². The minimum absolute atomic E-state index is 0.0528. The lowest BCUT2D eigenvalue weighted by Gasteiger charge is -2.17.